The predicted octanol–water partition coefficient (Wildman–Crippen LogP) is 1.78. The Morgan fingerprint density at radius 1 is 1.50 bits per heavy atom. The minimum Gasteiger partial charge on any atom is -0.465 e. The van der Waals surface area contributed by atoms with Crippen LogP contribution in [0, 0.1) is 5.92 Å². The fourth-order valence-corrected chi connectivity index (χ4v) is 3.45. The van der Waals surface area contributed by atoms with Crippen molar-refractivity contribution in [3.8, 4) is 0 Å². The molecule has 0 bridgehead atoms. The smallest absolute Gasteiger partial charge is 0.337 e. The van der Waals surface area contributed by atoms with Crippen molar-refractivity contribution in [3.63, 3.8) is 0 Å². The average Bonchev–Trinajstić information content (AvgIpc) is 2.76. The highest BCUT2D eigenvalue weighted by Gasteiger charge is 2.34. The molecule has 1 fully saturated rings. The van der Waals surface area contributed by atoms with Gasteiger partial charge in [-0.05, 0) is 18.2 Å². The molecule has 0 radical (unpaired) electrons. The Morgan fingerprint density at radius 3 is 2.73 bits per heavy atom. The zero-order chi connectivity index (χ0) is 16.5. The van der Waals surface area contributed by atoms with Crippen LogP contribution in [0.4, 0.5) is 9.57 Å². The first kappa shape index (κ1) is 16.7. The van der Waals surface area contributed by atoms with Crippen molar-refractivity contribution in [1.82, 2.24) is 0 Å². The van der Waals surface area contributed by atoms with Crippen molar-refractivity contribution in [2.24, 2.45) is 5.92 Å². The van der Waals surface area contributed by atoms with E-state index in [2.05, 4.69) is 4.74 Å². The molecule has 1 aliphatic rings. The van der Waals surface area contributed by atoms with Gasteiger partial charge in [-0.25, -0.2) is 4.79 Å². The monoisotopic (exact) mass is 349 g/mol. The molecule has 1 amide bonds. The minimum absolute atomic E-state index is 0.0548. The van der Waals surface area contributed by atoms with Crippen LogP contribution in [-0.4, -0.2) is 39.7 Å². The predicted molar refractivity (Wildman–Crippen MR) is 78.1 cm³/mol. The fourth-order valence-electron chi connectivity index (χ4n) is 2.38. The Kier molecular flexibility index (Phi) is 4.72. The zero-order valence-corrected chi connectivity index (χ0v) is 13.2. The summed E-state index contributed by atoms with van der Waals surface area (Å²) in [6.45, 7) is 0.0548. The number of rotatable bonds is 4. The molecule has 0 aliphatic carbocycles. The van der Waals surface area contributed by atoms with E-state index in [4.69, 9.17) is 11.6 Å². The topological polar surface area (TPSA) is 80.8 Å². The summed E-state index contributed by atoms with van der Waals surface area (Å²) in [5, 5.41) is 0.153. The number of hydrogen-bond acceptors (Lipinski definition) is 5. The van der Waals surface area contributed by atoms with Crippen molar-refractivity contribution in [1.29, 1.82) is 0 Å². The summed E-state index contributed by atoms with van der Waals surface area (Å²) in [7, 11) is -3.41. The van der Waals surface area contributed by atoms with Gasteiger partial charge in [-0.15, -0.1) is 3.89 Å². The van der Waals surface area contributed by atoms with Crippen LogP contribution in [0.25, 0.3) is 0 Å². The molecule has 0 saturated carbocycles. The van der Waals surface area contributed by atoms with Crippen LogP contribution in [-0.2, 0) is 19.8 Å². The number of ether oxygens (including phenoxy) is 1. The Morgan fingerprint density at radius 2 is 2.18 bits per heavy atom. The first-order chi connectivity index (χ1) is 10.2. The van der Waals surface area contributed by atoms with Gasteiger partial charge >= 0.3 is 16.2 Å². The maximum absolute atomic E-state index is 12.7. The molecule has 0 spiro atoms. The molecule has 0 N–H and O–H groups in total. The van der Waals surface area contributed by atoms with E-state index in [9.17, 15) is 21.9 Å². The number of halogens is 2. The van der Waals surface area contributed by atoms with Crippen molar-refractivity contribution >= 4 is 39.4 Å². The Bertz CT molecular complexity index is 721. The van der Waals surface area contributed by atoms with Crippen molar-refractivity contribution in [2.45, 2.75) is 6.42 Å². The summed E-state index contributed by atoms with van der Waals surface area (Å²) in [5.74, 6) is -2.24. The normalized spacial score (nSPS) is 18.6. The van der Waals surface area contributed by atoms with E-state index < -0.39 is 27.9 Å². The highest BCUT2D eigenvalue weighted by Crippen LogP contribution is 2.32. The van der Waals surface area contributed by atoms with Crippen LogP contribution < -0.4 is 4.90 Å². The number of methoxy groups -OCH3 is 1. The number of nitrogens with zero attached hydrogens (tertiary/aromatic N) is 1. The molecule has 1 aromatic carbocycles. The molecule has 1 atom stereocenters. The maximum atomic E-state index is 12.7. The molecule has 9 heteroatoms. The Labute approximate surface area is 132 Å². The van der Waals surface area contributed by atoms with E-state index in [1.54, 1.807) is 0 Å². The highest BCUT2D eigenvalue weighted by atomic mass is 35.5. The van der Waals surface area contributed by atoms with Gasteiger partial charge in [-0.2, -0.15) is 8.42 Å². The summed E-state index contributed by atoms with van der Waals surface area (Å²) in [5.41, 5.74) is 0.573. The molecule has 0 aromatic heterocycles. The number of hydrogen-bond donors (Lipinski definition) is 0. The van der Waals surface area contributed by atoms with E-state index >= 15 is 0 Å². The van der Waals surface area contributed by atoms with Crippen LogP contribution >= 0.6 is 11.6 Å². The third kappa shape index (κ3) is 3.75. The van der Waals surface area contributed by atoms with E-state index in [0.29, 0.717) is 5.69 Å². The van der Waals surface area contributed by atoms with E-state index in [-0.39, 0.29) is 29.5 Å². The molecule has 1 saturated heterocycles. The number of carbonyl (C=O) groups excluding carboxylic acids is 2. The quantitative estimate of drug-likeness (QED) is 0.611. The maximum Gasteiger partial charge on any atom is 0.337 e. The van der Waals surface area contributed by atoms with Crippen LogP contribution in [0.1, 0.15) is 16.8 Å². The van der Waals surface area contributed by atoms with Crippen LogP contribution in [0.15, 0.2) is 18.2 Å². The van der Waals surface area contributed by atoms with Crippen LogP contribution in [0.3, 0.4) is 0 Å². The number of benzene rings is 1. The average molecular weight is 350 g/mol. The largest absolute Gasteiger partial charge is 0.465 e. The van der Waals surface area contributed by atoms with Crippen LogP contribution in [0.5, 0.6) is 0 Å². The van der Waals surface area contributed by atoms with Gasteiger partial charge in [0, 0.05) is 18.9 Å². The molecule has 2 rings (SSSR count). The SMILES string of the molecule is COC(=O)c1ccc(N2CC(CS(=O)(=O)F)CC2=O)c(Cl)c1. The lowest BCUT2D eigenvalue weighted by Crippen LogP contribution is -2.25. The van der Waals surface area contributed by atoms with Crippen molar-refractivity contribution < 1.29 is 26.6 Å². The second-order valence-corrected chi connectivity index (χ2v) is 6.76. The first-order valence-corrected chi connectivity index (χ1v) is 8.25. The minimum atomic E-state index is -4.64. The molecular weight excluding hydrogens is 337 g/mol. The Balaban J connectivity index is 2.22. The molecule has 1 unspecified atom stereocenters. The number of esters is 1. The second kappa shape index (κ2) is 6.21. The molecule has 6 nitrogen and oxygen atoms in total. The molecule has 1 heterocycles. The summed E-state index contributed by atoms with van der Waals surface area (Å²) in [4.78, 5) is 24.6. The van der Waals surface area contributed by atoms with E-state index in [1.807, 2.05) is 0 Å². The molecule has 120 valence electrons. The zero-order valence-electron chi connectivity index (χ0n) is 11.6. The molecule has 22 heavy (non-hydrogen) atoms. The summed E-state index contributed by atoms with van der Waals surface area (Å²) < 4.78 is 38.7. The van der Waals surface area contributed by atoms with Gasteiger partial charge in [0.2, 0.25) is 5.91 Å². The highest BCUT2D eigenvalue weighted by molar-refractivity contribution is 7.86. The lowest BCUT2D eigenvalue weighted by Gasteiger charge is -2.18. The molecule has 1 aliphatic heterocycles. The van der Waals surface area contributed by atoms with Gasteiger partial charge in [0.1, 0.15) is 0 Å². The summed E-state index contributed by atoms with van der Waals surface area (Å²) >= 11 is 6.06. The summed E-state index contributed by atoms with van der Waals surface area (Å²) in [6, 6.07) is 4.27. The summed E-state index contributed by atoms with van der Waals surface area (Å²) in [6.07, 6.45) is -0.0712. The number of amides is 1. The van der Waals surface area contributed by atoms with Crippen molar-refractivity contribution in [3.05, 3.63) is 28.8 Å². The number of anilines is 1. The van der Waals surface area contributed by atoms with Gasteiger partial charge < -0.3 is 9.64 Å². The van der Waals surface area contributed by atoms with Gasteiger partial charge in [0.05, 0.1) is 29.1 Å². The first-order valence-electron chi connectivity index (χ1n) is 6.32. The van der Waals surface area contributed by atoms with Gasteiger partial charge in [-0.1, -0.05) is 11.6 Å². The third-order valence-corrected chi connectivity index (χ3v) is 4.47. The molecule has 1 aromatic rings. The molecular formula is C13H13ClFNO5S. The van der Waals surface area contributed by atoms with E-state index in [0.717, 1.165) is 0 Å². The van der Waals surface area contributed by atoms with Gasteiger partial charge in [0.25, 0.3) is 0 Å². The van der Waals surface area contributed by atoms with Crippen molar-refractivity contribution in [2.75, 3.05) is 24.3 Å². The fraction of sp³-hybridized carbons (Fsp3) is 0.385. The standard InChI is InChI=1S/C13H13ClFNO5S/c1-21-13(18)9-2-3-11(10(14)5-9)16-6-8(4-12(16)17)7-22(15,19)20/h2-3,5,8H,4,6-7H2,1H3. The van der Waals surface area contributed by atoms with Gasteiger partial charge in [0.15, 0.2) is 0 Å². The lowest BCUT2D eigenvalue weighted by molar-refractivity contribution is -0.117. The number of carbonyl (C=O) groups is 2. The van der Waals surface area contributed by atoms with E-state index in [1.165, 1.54) is 30.2 Å². The Hall–Kier alpha value is -1.67. The second-order valence-electron chi connectivity index (χ2n) is 4.94. The lowest BCUT2D eigenvalue weighted by atomic mass is 10.1. The van der Waals surface area contributed by atoms with Gasteiger partial charge in [-0.3, -0.25) is 4.79 Å². The van der Waals surface area contributed by atoms with Crippen LogP contribution in [0.2, 0.25) is 5.02 Å². The third-order valence-electron chi connectivity index (χ3n) is 3.30.